The number of carbonyl (C=O) groups excluding carboxylic acids is 1. The zero-order valence-corrected chi connectivity index (χ0v) is 23.2. The fraction of sp³-hybridized carbons (Fsp3) is 0.897. The molecule has 0 aliphatic heterocycles. The van der Waals surface area contributed by atoms with E-state index in [2.05, 4.69) is 6.92 Å². The second kappa shape index (κ2) is 23.7. The molecule has 7 nitrogen and oxygen atoms in total. The summed E-state index contributed by atoms with van der Waals surface area (Å²) in [6.07, 6.45) is 21.1. The minimum atomic E-state index is -1.07. The summed E-state index contributed by atoms with van der Waals surface area (Å²) in [7, 11) is 0. The molecule has 212 valence electrons. The van der Waals surface area contributed by atoms with E-state index >= 15 is 0 Å². The third kappa shape index (κ3) is 22.8. The summed E-state index contributed by atoms with van der Waals surface area (Å²) in [5.74, 6) is -2.74. The van der Waals surface area contributed by atoms with Gasteiger partial charge in [-0.25, -0.2) is 0 Å². The normalized spacial score (nSPS) is 11.6. The molecule has 0 atom stereocenters. The molecular formula is C29H55NO6. The van der Waals surface area contributed by atoms with E-state index in [1.54, 1.807) is 0 Å². The van der Waals surface area contributed by atoms with Crippen molar-refractivity contribution in [2.45, 2.75) is 142 Å². The summed E-state index contributed by atoms with van der Waals surface area (Å²) in [4.78, 5) is 33.0. The first-order chi connectivity index (χ1) is 17.3. The fourth-order valence-electron chi connectivity index (χ4n) is 5.18. The van der Waals surface area contributed by atoms with Gasteiger partial charge in [-0.05, 0) is 19.3 Å². The Bertz CT molecular complexity index is 516. The number of carboxylic acids is 3. The molecule has 0 amide bonds. The Morgan fingerprint density at radius 2 is 0.806 bits per heavy atom. The molecule has 0 spiro atoms. The first kappa shape index (κ1) is 34.4. The van der Waals surface area contributed by atoms with Crippen LogP contribution in [0.5, 0.6) is 0 Å². The van der Waals surface area contributed by atoms with Crippen LogP contribution in [-0.2, 0) is 14.4 Å². The van der Waals surface area contributed by atoms with Gasteiger partial charge in [0.25, 0.3) is 0 Å². The van der Waals surface area contributed by atoms with Crippen LogP contribution in [0, 0.1) is 0 Å². The average Bonchev–Trinajstić information content (AvgIpc) is 2.80. The second-order valence-electron chi connectivity index (χ2n) is 10.7. The number of nitrogens with zero attached hydrogens (tertiary/aromatic N) is 1. The van der Waals surface area contributed by atoms with Gasteiger partial charge in [0.1, 0.15) is 0 Å². The summed E-state index contributed by atoms with van der Waals surface area (Å²) in [5, 5.41) is 29.0. The number of hydrogen-bond acceptors (Lipinski definition) is 4. The van der Waals surface area contributed by atoms with Gasteiger partial charge < -0.3 is 24.6 Å². The molecule has 0 fully saturated rings. The fourth-order valence-corrected chi connectivity index (χ4v) is 5.18. The van der Waals surface area contributed by atoms with E-state index in [0.717, 1.165) is 19.4 Å². The van der Waals surface area contributed by atoms with Gasteiger partial charge in [0, 0.05) is 25.2 Å². The molecule has 0 bridgehead atoms. The van der Waals surface area contributed by atoms with Gasteiger partial charge >= 0.3 is 11.9 Å². The summed E-state index contributed by atoms with van der Waals surface area (Å²) in [5.41, 5.74) is 0. The molecule has 0 aromatic heterocycles. The number of carboxylic acid groups (broad SMARTS) is 3. The number of carbonyl (C=O) groups is 3. The quantitative estimate of drug-likeness (QED) is 0.0989. The van der Waals surface area contributed by atoms with Crippen molar-refractivity contribution in [2.24, 2.45) is 0 Å². The van der Waals surface area contributed by atoms with Gasteiger partial charge in [-0.15, -0.1) is 0 Å². The molecule has 0 saturated carbocycles. The molecule has 0 aromatic rings. The third-order valence-corrected chi connectivity index (χ3v) is 7.30. The van der Waals surface area contributed by atoms with E-state index < -0.39 is 17.9 Å². The highest BCUT2D eigenvalue weighted by Crippen LogP contribution is 2.19. The second-order valence-corrected chi connectivity index (χ2v) is 10.7. The van der Waals surface area contributed by atoms with Crippen LogP contribution in [0.3, 0.4) is 0 Å². The molecule has 7 heteroatoms. The van der Waals surface area contributed by atoms with Crippen molar-refractivity contribution in [3.8, 4) is 0 Å². The van der Waals surface area contributed by atoms with E-state index in [4.69, 9.17) is 10.2 Å². The Hall–Kier alpha value is -1.63. The zero-order chi connectivity index (χ0) is 26.9. The van der Waals surface area contributed by atoms with Crippen LogP contribution >= 0.6 is 0 Å². The lowest BCUT2D eigenvalue weighted by atomic mass is 10.0. The van der Waals surface area contributed by atoms with Gasteiger partial charge in [-0.2, -0.15) is 0 Å². The largest absolute Gasteiger partial charge is 0.550 e. The molecule has 0 aromatic carbocycles. The lowest BCUT2D eigenvalue weighted by Crippen LogP contribution is -2.51. The Kier molecular flexibility index (Phi) is 22.7. The van der Waals surface area contributed by atoms with E-state index in [9.17, 15) is 19.5 Å². The topological polar surface area (TPSA) is 115 Å². The van der Waals surface area contributed by atoms with Crippen LogP contribution in [0.15, 0.2) is 0 Å². The highest BCUT2D eigenvalue weighted by atomic mass is 16.4. The molecule has 0 unspecified atom stereocenters. The molecule has 0 rings (SSSR count). The molecule has 0 radical (unpaired) electrons. The first-order valence-electron chi connectivity index (χ1n) is 14.8. The van der Waals surface area contributed by atoms with Crippen molar-refractivity contribution in [3.05, 3.63) is 0 Å². The number of unbranched alkanes of at least 4 members (excludes halogenated alkanes) is 14. The maximum Gasteiger partial charge on any atom is 0.303 e. The molecule has 0 heterocycles. The van der Waals surface area contributed by atoms with E-state index in [1.165, 1.54) is 83.5 Å². The maximum absolute atomic E-state index is 11.0. The smallest absolute Gasteiger partial charge is 0.303 e. The standard InChI is InChI=1S/C29H55NO6/c1-2-3-4-5-6-7-8-9-10-11-12-13-14-15-16-23-30(24-17-20-27(31)32,25-18-21-28(33)34)26-19-22-29(35)36/h2-26H2,1H3,(H2-,31,32,33,34,35,36). The minimum Gasteiger partial charge on any atom is -0.550 e. The zero-order valence-electron chi connectivity index (χ0n) is 23.2. The molecule has 0 aliphatic rings. The van der Waals surface area contributed by atoms with Gasteiger partial charge in [-0.1, -0.05) is 90.4 Å². The van der Waals surface area contributed by atoms with Crippen LogP contribution in [0.1, 0.15) is 142 Å². The minimum absolute atomic E-state index is 0.0171. The van der Waals surface area contributed by atoms with Crippen molar-refractivity contribution in [3.63, 3.8) is 0 Å². The summed E-state index contributed by atoms with van der Waals surface area (Å²) in [6, 6.07) is 0. The molecule has 0 aliphatic carbocycles. The van der Waals surface area contributed by atoms with Crippen molar-refractivity contribution in [2.75, 3.05) is 26.2 Å². The van der Waals surface area contributed by atoms with Gasteiger partial charge in [-0.3, -0.25) is 9.59 Å². The van der Waals surface area contributed by atoms with Crippen LogP contribution in [0.25, 0.3) is 0 Å². The molecular weight excluding hydrogens is 458 g/mol. The molecule has 36 heavy (non-hydrogen) atoms. The van der Waals surface area contributed by atoms with Crippen LogP contribution in [0.4, 0.5) is 0 Å². The van der Waals surface area contributed by atoms with E-state index in [1.807, 2.05) is 0 Å². The molecule has 0 saturated heterocycles. The number of quaternary nitrogens is 1. The highest BCUT2D eigenvalue weighted by Gasteiger charge is 2.26. The Morgan fingerprint density at radius 3 is 1.14 bits per heavy atom. The summed E-state index contributed by atoms with van der Waals surface area (Å²) < 4.78 is 0.617. The predicted molar refractivity (Wildman–Crippen MR) is 143 cm³/mol. The van der Waals surface area contributed by atoms with Gasteiger partial charge in [0.2, 0.25) is 0 Å². The van der Waals surface area contributed by atoms with Crippen LogP contribution < -0.4 is 5.11 Å². The van der Waals surface area contributed by atoms with E-state index in [-0.39, 0.29) is 19.3 Å². The van der Waals surface area contributed by atoms with Crippen molar-refractivity contribution >= 4 is 17.9 Å². The highest BCUT2D eigenvalue weighted by molar-refractivity contribution is 5.66. The van der Waals surface area contributed by atoms with Crippen LogP contribution in [-0.4, -0.2) is 58.8 Å². The maximum atomic E-state index is 11.0. The summed E-state index contributed by atoms with van der Waals surface area (Å²) in [6.45, 7) is 5.04. The van der Waals surface area contributed by atoms with Crippen LogP contribution in [0.2, 0.25) is 0 Å². The summed E-state index contributed by atoms with van der Waals surface area (Å²) >= 11 is 0. The van der Waals surface area contributed by atoms with Gasteiger partial charge in [0.05, 0.1) is 39.0 Å². The Balaban J connectivity index is 4.28. The predicted octanol–water partition coefficient (Wildman–Crippen LogP) is 5.93. The van der Waals surface area contributed by atoms with E-state index in [0.29, 0.717) is 43.4 Å². The number of hydrogen-bond donors (Lipinski definition) is 2. The lowest BCUT2D eigenvalue weighted by molar-refractivity contribution is -0.929. The van der Waals surface area contributed by atoms with Gasteiger partial charge in [0.15, 0.2) is 0 Å². The lowest BCUT2D eigenvalue weighted by Gasteiger charge is -2.39. The Morgan fingerprint density at radius 1 is 0.500 bits per heavy atom. The van der Waals surface area contributed by atoms with Crippen molar-refractivity contribution < 1.29 is 34.2 Å². The third-order valence-electron chi connectivity index (χ3n) is 7.30. The monoisotopic (exact) mass is 513 g/mol. The number of rotatable bonds is 28. The first-order valence-corrected chi connectivity index (χ1v) is 14.8. The average molecular weight is 514 g/mol. The SMILES string of the molecule is CCCCCCCCCCCCCCCCC[N+](CCCC(=O)[O-])(CCCC(=O)O)CCCC(=O)O. The molecule has 2 N–H and O–H groups in total. The Labute approximate surface area is 220 Å². The number of aliphatic carboxylic acids is 3. The van der Waals surface area contributed by atoms with Crippen molar-refractivity contribution in [1.82, 2.24) is 0 Å². The van der Waals surface area contributed by atoms with Crippen molar-refractivity contribution in [1.29, 1.82) is 0 Å².